The zero-order valence-corrected chi connectivity index (χ0v) is 19.5. The van der Waals surface area contributed by atoms with Crippen molar-refractivity contribution in [3.05, 3.63) is 6.07 Å². The van der Waals surface area contributed by atoms with Crippen LogP contribution in [0.15, 0.2) is 6.07 Å². The number of rotatable bonds is 4. The molecule has 0 radical (unpaired) electrons. The highest BCUT2D eigenvalue weighted by Gasteiger charge is 2.25. The van der Waals surface area contributed by atoms with Crippen LogP contribution in [0, 0.1) is 11.8 Å². The summed E-state index contributed by atoms with van der Waals surface area (Å²) in [5.41, 5.74) is 0. The van der Waals surface area contributed by atoms with Crippen LogP contribution in [0.5, 0.6) is 0 Å². The van der Waals surface area contributed by atoms with Gasteiger partial charge >= 0.3 is 0 Å². The Kier molecular flexibility index (Phi) is 7.28. The second-order valence-corrected chi connectivity index (χ2v) is 10.1. The lowest BCUT2D eigenvalue weighted by Crippen LogP contribution is -2.40. The molecule has 0 amide bonds. The molecule has 1 saturated carbocycles. The first-order valence-electron chi connectivity index (χ1n) is 12.0. The van der Waals surface area contributed by atoms with Gasteiger partial charge in [-0.1, -0.05) is 39.5 Å². The van der Waals surface area contributed by atoms with Gasteiger partial charge in [-0.05, 0) is 56.2 Å². The highest BCUT2D eigenvalue weighted by molar-refractivity contribution is 7.80. The third kappa shape index (κ3) is 5.74. The quantitative estimate of drug-likeness (QED) is 0.679. The predicted octanol–water partition coefficient (Wildman–Crippen LogP) is 4.57. The van der Waals surface area contributed by atoms with Gasteiger partial charge in [0.1, 0.15) is 11.6 Å². The maximum Gasteiger partial charge on any atom is 0.232 e. The van der Waals surface area contributed by atoms with Crippen molar-refractivity contribution in [3.63, 3.8) is 0 Å². The molecule has 1 aromatic rings. The summed E-state index contributed by atoms with van der Waals surface area (Å²) in [7, 11) is 0. The van der Waals surface area contributed by atoms with Crippen molar-refractivity contribution in [1.82, 2.24) is 15.3 Å². The minimum atomic E-state index is 0.488. The van der Waals surface area contributed by atoms with Crippen molar-refractivity contribution < 1.29 is 0 Å². The summed E-state index contributed by atoms with van der Waals surface area (Å²) in [5.74, 6) is 4.08. The van der Waals surface area contributed by atoms with Gasteiger partial charge < -0.3 is 20.4 Å². The van der Waals surface area contributed by atoms with Crippen LogP contribution < -0.4 is 20.4 Å². The van der Waals surface area contributed by atoms with Gasteiger partial charge in [0.05, 0.1) is 0 Å². The number of anilines is 3. The SMILES string of the molecule is C[C@@H]1C[C@H](C)CN(c2cc(N3CCCCCC3)nc(NC(=S)NC3CCCC3)n2)C1. The van der Waals surface area contributed by atoms with Crippen LogP contribution in [0.4, 0.5) is 17.6 Å². The second-order valence-electron chi connectivity index (χ2n) is 9.74. The molecule has 0 unspecified atom stereocenters. The van der Waals surface area contributed by atoms with Gasteiger partial charge in [0.2, 0.25) is 5.95 Å². The average molecular weight is 431 g/mol. The normalized spacial score (nSPS) is 25.8. The molecule has 30 heavy (non-hydrogen) atoms. The van der Waals surface area contributed by atoms with E-state index in [-0.39, 0.29) is 0 Å². The molecule has 2 saturated heterocycles. The smallest absolute Gasteiger partial charge is 0.232 e. The van der Waals surface area contributed by atoms with Crippen LogP contribution >= 0.6 is 12.2 Å². The van der Waals surface area contributed by atoms with Crippen molar-refractivity contribution >= 4 is 34.9 Å². The molecule has 3 fully saturated rings. The summed E-state index contributed by atoms with van der Waals surface area (Å²) in [6, 6.07) is 2.69. The Bertz CT molecular complexity index is 702. The number of piperidine rings is 1. The lowest BCUT2D eigenvalue weighted by Gasteiger charge is -2.36. The molecule has 2 N–H and O–H groups in total. The Hall–Kier alpha value is -1.63. The van der Waals surface area contributed by atoms with Crippen molar-refractivity contribution in [2.45, 2.75) is 77.7 Å². The predicted molar refractivity (Wildman–Crippen MR) is 129 cm³/mol. The fourth-order valence-corrected chi connectivity index (χ4v) is 5.60. The summed E-state index contributed by atoms with van der Waals surface area (Å²) < 4.78 is 0. The lowest BCUT2D eigenvalue weighted by atomic mass is 9.92. The van der Waals surface area contributed by atoms with Gasteiger partial charge in [0.25, 0.3) is 0 Å². The summed E-state index contributed by atoms with van der Waals surface area (Å²) in [6.45, 7) is 8.97. The molecule has 0 spiro atoms. The van der Waals surface area contributed by atoms with Gasteiger partial charge in [0, 0.05) is 38.3 Å². The molecule has 4 rings (SSSR count). The number of hydrogen-bond donors (Lipinski definition) is 2. The third-order valence-electron chi connectivity index (χ3n) is 6.74. The van der Waals surface area contributed by atoms with Crippen LogP contribution in [0.3, 0.4) is 0 Å². The monoisotopic (exact) mass is 430 g/mol. The van der Waals surface area contributed by atoms with Crippen LogP contribution in [-0.4, -0.2) is 47.3 Å². The summed E-state index contributed by atoms with van der Waals surface area (Å²) >= 11 is 5.60. The zero-order valence-electron chi connectivity index (χ0n) is 18.7. The summed E-state index contributed by atoms with van der Waals surface area (Å²) in [4.78, 5) is 14.7. The van der Waals surface area contributed by atoms with Gasteiger partial charge in [-0.25, -0.2) is 0 Å². The van der Waals surface area contributed by atoms with Gasteiger partial charge in [-0.2, -0.15) is 9.97 Å². The van der Waals surface area contributed by atoms with E-state index < -0.39 is 0 Å². The van der Waals surface area contributed by atoms with E-state index in [1.807, 2.05) is 0 Å². The molecule has 2 aliphatic heterocycles. The van der Waals surface area contributed by atoms with Gasteiger partial charge in [0.15, 0.2) is 5.11 Å². The van der Waals surface area contributed by atoms with Crippen LogP contribution in [0.25, 0.3) is 0 Å². The molecular weight excluding hydrogens is 392 g/mol. The maximum absolute atomic E-state index is 5.60. The Labute approximate surface area is 187 Å². The molecule has 3 aliphatic rings. The maximum atomic E-state index is 5.60. The van der Waals surface area contributed by atoms with E-state index in [1.165, 1.54) is 57.8 Å². The number of thiocarbonyl (C=S) groups is 1. The van der Waals surface area contributed by atoms with E-state index in [0.29, 0.717) is 28.9 Å². The van der Waals surface area contributed by atoms with Crippen molar-refractivity contribution in [2.75, 3.05) is 41.3 Å². The molecule has 2 atom stereocenters. The largest absolute Gasteiger partial charge is 0.360 e. The molecule has 7 heteroatoms. The van der Waals surface area contributed by atoms with E-state index in [4.69, 9.17) is 22.2 Å². The molecule has 1 aliphatic carbocycles. The molecule has 3 heterocycles. The third-order valence-corrected chi connectivity index (χ3v) is 6.96. The molecule has 1 aromatic heterocycles. The van der Waals surface area contributed by atoms with Crippen LogP contribution in [-0.2, 0) is 0 Å². The molecule has 0 aromatic carbocycles. The fraction of sp³-hybridized carbons (Fsp3) is 0.783. The topological polar surface area (TPSA) is 56.3 Å². The molecular formula is C23H38N6S. The van der Waals surface area contributed by atoms with E-state index in [2.05, 4.69) is 40.3 Å². The minimum Gasteiger partial charge on any atom is -0.360 e. The Morgan fingerprint density at radius 2 is 1.50 bits per heavy atom. The molecule has 0 bridgehead atoms. The number of nitrogens with zero attached hydrogens (tertiary/aromatic N) is 4. The van der Waals surface area contributed by atoms with E-state index >= 15 is 0 Å². The van der Waals surface area contributed by atoms with Crippen LogP contribution in [0.2, 0.25) is 0 Å². The van der Waals surface area contributed by atoms with Crippen LogP contribution in [0.1, 0.15) is 71.6 Å². The summed E-state index contributed by atoms with van der Waals surface area (Å²) in [5, 5.41) is 7.43. The minimum absolute atomic E-state index is 0.488. The Balaban J connectivity index is 1.55. The van der Waals surface area contributed by atoms with E-state index in [9.17, 15) is 0 Å². The first-order valence-corrected chi connectivity index (χ1v) is 12.4. The molecule has 6 nitrogen and oxygen atoms in total. The number of nitrogens with one attached hydrogen (secondary N) is 2. The summed E-state index contributed by atoms with van der Waals surface area (Å²) in [6.07, 6.45) is 11.4. The first kappa shape index (κ1) is 21.6. The lowest BCUT2D eigenvalue weighted by molar-refractivity contribution is 0.355. The standard InChI is InChI=1S/C23H38N6S/c1-17-13-18(2)16-29(15-17)21-14-20(28-11-7-3-4-8-12-28)25-22(26-21)27-23(30)24-19-9-5-6-10-19/h14,17-19H,3-13,15-16H2,1-2H3,(H2,24,25,26,27,30)/t17-,18+. The Morgan fingerprint density at radius 3 is 2.13 bits per heavy atom. The number of hydrogen-bond acceptors (Lipinski definition) is 5. The first-order chi connectivity index (χ1) is 14.6. The van der Waals surface area contributed by atoms with Gasteiger partial charge in [-0.3, -0.25) is 0 Å². The van der Waals surface area contributed by atoms with Crippen molar-refractivity contribution in [1.29, 1.82) is 0 Å². The van der Waals surface area contributed by atoms with E-state index in [0.717, 1.165) is 37.8 Å². The molecule has 166 valence electrons. The van der Waals surface area contributed by atoms with Crippen molar-refractivity contribution in [3.8, 4) is 0 Å². The fourth-order valence-electron chi connectivity index (χ4n) is 5.34. The second kappa shape index (κ2) is 10.1. The number of aromatic nitrogens is 2. The van der Waals surface area contributed by atoms with Crippen molar-refractivity contribution in [2.24, 2.45) is 11.8 Å². The highest BCUT2D eigenvalue weighted by Crippen LogP contribution is 2.29. The zero-order chi connectivity index (χ0) is 20.9. The van der Waals surface area contributed by atoms with Gasteiger partial charge in [-0.15, -0.1) is 0 Å². The average Bonchev–Trinajstić information content (AvgIpc) is 3.06. The highest BCUT2D eigenvalue weighted by atomic mass is 32.1. The van der Waals surface area contributed by atoms with E-state index in [1.54, 1.807) is 0 Å². The Morgan fingerprint density at radius 1 is 0.900 bits per heavy atom.